The van der Waals surface area contributed by atoms with E-state index in [0.29, 0.717) is 22.5 Å². The van der Waals surface area contributed by atoms with Crippen LogP contribution in [-0.4, -0.2) is 22.7 Å². The zero-order chi connectivity index (χ0) is 17.5. The Morgan fingerprint density at radius 1 is 1.33 bits per heavy atom. The van der Waals surface area contributed by atoms with Crippen molar-refractivity contribution in [2.24, 2.45) is 0 Å². The van der Waals surface area contributed by atoms with Crippen molar-refractivity contribution in [3.8, 4) is 5.88 Å². The summed E-state index contributed by atoms with van der Waals surface area (Å²) in [6, 6.07) is 8.88. The lowest BCUT2D eigenvalue weighted by Gasteiger charge is -2.13. The fourth-order valence-electron chi connectivity index (χ4n) is 1.86. The van der Waals surface area contributed by atoms with Gasteiger partial charge in [0.15, 0.2) is 0 Å². The quantitative estimate of drug-likeness (QED) is 0.709. The van der Waals surface area contributed by atoms with Crippen LogP contribution in [0.1, 0.15) is 19.4 Å². The topological polar surface area (TPSA) is 51.2 Å². The van der Waals surface area contributed by atoms with Crippen molar-refractivity contribution in [1.82, 2.24) is 10.3 Å². The van der Waals surface area contributed by atoms with Gasteiger partial charge < -0.3 is 10.1 Å². The van der Waals surface area contributed by atoms with Crippen LogP contribution in [-0.2, 0) is 11.3 Å². The number of hydrogen-bond acceptors (Lipinski definition) is 4. The number of amides is 1. The van der Waals surface area contributed by atoms with Gasteiger partial charge in [0.1, 0.15) is 0 Å². The van der Waals surface area contributed by atoms with Crippen LogP contribution in [0.5, 0.6) is 5.88 Å². The van der Waals surface area contributed by atoms with Gasteiger partial charge in [0.05, 0.1) is 16.9 Å². The molecule has 0 radical (unpaired) electrons. The number of carbonyl (C=O) groups excluding carboxylic acids is 1. The molecule has 0 aliphatic rings. The molecule has 0 aliphatic carbocycles. The van der Waals surface area contributed by atoms with Crippen molar-refractivity contribution in [3.63, 3.8) is 0 Å². The maximum Gasteiger partial charge on any atom is 0.230 e. The zero-order valence-electron chi connectivity index (χ0n) is 13.4. The van der Waals surface area contributed by atoms with Crippen molar-refractivity contribution >= 4 is 40.9 Å². The fraction of sp³-hybridized carbons (Fsp3) is 0.294. The van der Waals surface area contributed by atoms with E-state index in [1.165, 1.54) is 11.8 Å². The summed E-state index contributed by atoms with van der Waals surface area (Å²) in [4.78, 5) is 17.0. The molecule has 1 aromatic carbocycles. The summed E-state index contributed by atoms with van der Waals surface area (Å²) in [6.07, 6.45) is 1.69. The highest BCUT2D eigenvalue weighted by molar-refractivity contribution is 8.00. The van der Waals surface area contributed by atoms with E-state index in [-0.39, 0.29) is 17.8 Å². The molecule has 0 bridgehead atoms. The first-order chi connectivity index (χ1) is 11.5. The average Bonchev–Trinajstić information content (AvgIpc) is 2.54. The van der Waals surface area contributed by atoms with Crippen LogP contribution in [0.2, 0.25) is 10.0 Å². The molecule has 1 N–H and O–H groups in total. The van der Waals surface area contributed by atoms with Gasteiger partial charge in [0, 0.05) is 28.2 Å². The van der Waals surface area contributed by atoms with Gasteiger partial charge in [0.25, 0.3) is 0 Å². The predicted octanol–water partition coefficient (Wildman–Crippen LogP) is 4.58. The molecule has 0 unspecified atom stereocenters. The lowest BCUT2D eigenvalue weighted by Crippen LogP contribution is -2.25. The first kappa shape index (κ1) is 18.9. The van der Waals surface area contributed by atoms with E-state index < -0.39 is 0 Å². The number of nitrogens with zero attached hydrogens (tertiary/aromatic N) is 1. The lowest BCUT2D eigenvalue weighted by atomic mass is 10.2. The lowest BCUT2D eigenvalue weighted by molar-refractivity contribution is -0.118. The minimum Gasteiger partial charge on any atom is -0.475 e. The van der Waals surface area contributed by atoms with Gasteiger partial charge in [-0.25, -0.2) is 4.98 Å². The van der Waals surface area contributed by atoms with E-state index in [2.05, 4.69) is 10.3 Å². The van der Waals surface area contributed by atoms with Crippen molar-refractivity contribution in [2.75, 3.05) is 5.75 Å². The zero-order valence-corrected chi connectivity index (χ0v) is 15.7. The molecule has 0 saturated heterocycles. The molecule has 4 nitrogen and oxygen atoms in total. The molecule has 0 fully saturated rings. The van der Waals surface area contributed by atoms with Crippen LogP contribution in [0.4, 0.5) is 0 Å². The Morgan fingerprint density at radius 2 is 2.12 bits per heavy atom. The van der Waals surface area contributed by atoms with Crippen molar-refractivity contribution in [2.45, 2.75) is 31.4 Å². The summed E-state index contributed by atoms with van der Waals surface area (Å²) in [5.74, 6) is 0.689. The number of aromatic nitrogens is 1. The second-order valence-electron chi connectivity index (χ2n) is 5.27. The molecule has 7 heteroatoms. The van der Waals surface area contributed by atoms with E-state index in [0.717, 1.165) is 10.5 Å². The van der Waals surface area contributed by atoms with E-state index >= 15 is 0 Å². The molecule has 0 atom stereocenters. The minimum absolute atomic E-state index is 0.0230. The molecule has 2 aromatic rings. The molecule has 24 heavy (non-hydrogen) atoms. The van der Waals surface area contributed by atoms with Gasteiger partial charge in [0.2, 0.25) is 11.8 Å². The average molecular weight is 385 g/mol. The highest BCUT2D eigenvalue weighted by atomic mass is 35.5. The summed E-state index contributed by atoms with van der Waals surface area (Å²) < 4.78 is 5.64. The summed E-state index contributed by atoms with van der Waals surface area (Å²) in [5.41, 5.74) is 0.838. The Hall–Kier alpha value is -1.43. The Bertz CT molecular complexity index is 711. The number of hydrogen-bond donors (Lipinski definition) is 1. The molecule has 0 saturated carbocycles. The monoisotopic (exact) mass is 384 g/mol. The Balaban J connectivity index is 1.88. The van der Waals surface area contributed by atoms with E-state index in [9.17, 15) is 4.79 Å². The van der Waals surface area contributed by atoms with E-state index in [1.807, 2.05) is 26.0 Å². The number of ether oxygens (including phenoxy) is 1. The Kier molecular flexibility index (Phi) is 7.21. The number of rotatable bonds is 7. The third-order valence-corrected chi connectivity index (χ3v) is 4.66. The fourth-order valence-corrected chi connectivity index (χ4v) is 3.19. The second-order valence-corrected chi connectivity index (χ2v) is 7.14. The first-order valence-electron chi connectivity index (χ1n) is 7.41. The Morgan fingerprint density at radius 3 is 2.88 bits per heavy atom. The number of thioether (sulfide) groups is 1. The molecule has 1 amide bonds. The molecular formula is C17H18Cl2N2O2S. The molecule has 1 aromatic heterocycles. The van der Waals surface area contributed by atoms with Gasteiger partial charge >= 0.3 is 0 Å². The molecule has 1 heterocycles. The van der Waals surface area contributed by atoms with E-state index in [1.54, 1.807) is 24.4 Å². The van der Waals surface area contributed by atoms with Crippen molar-refractivity contribution in [1.29, 1.82) is 0 Å². The third-order valence-electron chi connectivity index (χ3n) is 2.93. The summed E-state index contributed by atoms with van der Waals surface area (Å²) in [7, 11) is 0. The summed E-state index contributed by atoms with van der Waals surface area (Å²) in [6.45, 7) is 4.23. The van der Waals surface area contributed by atoms with Crippen molar-refractivity contribution < 1.29 is 9.53 Å². The predicted molar refractivity (Wildman–Crippen MR) is 99.0 cm³/mol. The molecule has 128 valence electrons. The SMILES string of the molecule is CC(C)Oc1ncccc1CNC(=O)CSc1cc(Cl)ccc1Cl. The van der Waals surface area contributed by atoms with Gasteiger partial charge in [-0.1, -0.05) is 29.3 Å². The van der Waals surface area contributed by atoms with Gasteiger partial charge in [-0.05, 0) is 38.1 Å². The Labute approximate surface area is 155 Å². The first-order valence-corrected chi connectivity index (χ1v) is 9.15. The largest absolute Gasteiger partial charge is 0.475 e. The smallest absolute Gasteiger partial charge is 0.230 e. The highest BCUT2D eigenvalue weighted by Crippen LogP contribution is 2.29. The summed E-state index contributed by atoms with van der Waals surface area (Å²) >= 11 is 13.4. The van der Waals surface area contributed by atoms with Crippen LogP contribution in [0, 0.1) is 0 Å². The number of benzene rings is 1. The standard InChI is InChI=1S/C17H18Cl2N2O2S/c1-11(2)23-17-12(4-3-7-20-17)9-21-16(22)10-24-15-8-13(18)5-6-14(15)19/h3-8,11H,9-10H2,1-2H3,(H,21,22). The van der Waals surface area contributed by atoms with E-state index in [4.69, 9.17) is 27.9 Å². The normalized spacial score (nSPS) is 10.7. The number of pyridine rings is 1. The van der Waals surface area contributed by atoms with Crippen LogP contribution >= 0.6 is 35.0 Å². The maximum atomic E-state index is 12.1. The number of nitrogens with one attached hydrogen (secondary N) is 1. The van der Waals surface area contributed by atoms with Crippen LogP contribution < -0.4 is 10.1 Å². The van der Waals surface area contributed by atoms with Gasteiger partial charge in [-0.15, -0.1) is 11.8 Å². The number of carbonyl (C=O) groups is 1. The molecule has 2 rings (SSSR count). The van der Waals surface area contributed by atoms with Crippen molar-refractivity contribution in [3.05, 3.63) is 52.1 Å². The summed E-state index contributed by atoms with van der Waals surface area (Å²) in [5, 5.41) is 4.03. The molecular weight excluding hydrogens is 367 g/mol. The molecule has 0 spiro atoms. The van der Waals surface area contributed by atoms with Crippen LogP contribution in [0.3, 0.4) is 0 Å². The van der Waals surface area contributed by atoms with Gasteiger partial charge in [-0.2, -0.15) is 0 Å². The minimum atomic E-state index is -0.101. The second kappa shape index (κ2) is 9.16. The maximum absolute atomic E-state index is 12.1. The van der Waals surface area contributed by atoms with Gasteiger partial charge in [-0.3, -0.25) is 4.79 Å². The van der Waals surface area contributed by atoms with Crippen LogP contribution in [0.25, 0.3) is 0 Å². The molecule has 0 aliphatic heterocycles. The number of halogens is 2. The van der Waals surface area contributed by atoms with Crippen LogP contribution in [0.15, 0.2) is 41.4 Å². The highest BCUT2D eigenvalue weighted by Gasteiger charge is 2.10. The third kappa shape index (κ3) is 5.89.